The molecule has 4 rings (SSSR count). The van der Waals surface area contributed by atoms with E-state index >= 15 is 0 Å². The van der Waals surface area contributed by atoms with E-state index < -0.39 is 36.2 Å². The first-order valence-electron chi connectivity index (χ1n) is 13.0. The van der Waals surface area contributed by atoms with Gasteiger partial charge in [-0.3, -0.25) is 20.2 Å². The van der Waals surface area contributed by atoms with Crippen molar-refractivity contribution in [1.82, 2.24) is 4.90 Å². The number of nitrogens with two attached hydrogens (primary N) is 1. The van der Waals surface area contributed by atoms with Crippen LogP contribution in [0.25, 0.3) is 21.5 Å². The molecule has 0 aromatic heterocycles. The summed E-state index contributed by atoms with van der Waals surface area (Å²) in [6.07, 6.45) is -3.14. The normalized spacial score (nSPS) is 12.0. The van der Waals surface area contributed by atoms with Crippen LogP contribution in [0.1, 0.15) is 0 Å². The molecule has 0 fully saturated rings. The molecule has 2 atom stereocenters. The molecular weight excluding hydrogens is 536 g/mol. The van der Waals surface area contributed by atoms with Crippen LogP contribution >= 0.6 is 0 Å². The first-order chi connectivity index (χ1) is 20.3. The van der Waals surface area contributed by atoms with Crippen LogP contribution in [-0.4, -0.2) is 54.2 Å². The van der Waals surface area contributed by atoms with E-state index in [0.717, 1.165) is 16.2 Å². The van der Waals surface area contributed by atoms with Crippen molar-refractivity contribution in [3.8, 4) is 0 Å². The number of anilines is 2. The number of nitrogens with one attached hydrogen (secondary N) is 2. The highest BCUT2D eigenvalue weighted by molar-refractivity contribution is 6.03. The van der Waals surface area contributed by atoms with Gasteiger partial charge in [0.15, 0.2) is 0 Å². The Labute approximate surface area is 242 Å². The van der Waals surface area contributed by atoms with Gasteiger partial charge in [-0.2, -0.15) is 0 Å². The van der Waals surface area contributed by atoms with Crippen LogP contribution in [0.2, 0.25) is 0 Å². The van der Waals surface area contributed by atoms with Gasteiger partial charge in [-0.25, -0.2) is 9.59 Å². The highest BCUT2D eigenvalue weighted by Crippen LogP contribution is 2.25. The molecule has 0 aliphatic rings. The fourth-order valence-electron chi connectivity index (χ4n) is 4.44. The van der Waals surface area contributed by atoms with E-state index in [-0.39, 0.29) is 13.1 Å². The van der Waals surface area contributed by atoms with Crippen molar-refractivity contribution in [2.24, 2.45) is 5.73 Å². The Bertz CT molecular complexity index is 1630. The Balaban J connectivity index is 1.61. The van der Waals surface area contributed by atoms with E-state index in [9.17, 15) is 19.2 Å². The summed E-state index contributed by atoms with van der Waals surface area (Å²) in [6.45, 7) is 7.33. The van der Waals surface area contributed by atoms with E-state index in [1.54, 1.807) is 48.5 Å². The number of amides is 4. The van der Waals surface area contributed by atoms with Gasteiger partial charge < -0.3 is 20.1 Å². The predicted octanol–water partition coefficient (Wildman–Crippen LogP) is 5.21. The minimum Gasteiger partial charge on any atom is -0.431 e. The van der Waals surface area contributed by atoms with Gasteiger partial charge in [-0.15, -0.1) is 13.2 Å². The number of carbonyl (C=O) groups is 4. The number of carbonyl (C=O) groups excluding carboxylic acids is 4. The summed E-state index contributed by atoms with van der Waals surface area (Å²) in [7, 11) is 0. The van der Waals surface area contributed by atoms with Gasteiger partial charge in [0.05, 0.1) is 11.4 Å². The summed E-state index contributed by atoms with van der Waals surface area (Å²) in [5, 5.41) is 8.32. The molecule has 214 valence electrons. The van der Waals surface area contributed by atoms with Gasteiger partial charge in [-0.1, -0.05) is 84.9 Å². The lowest BCUT2D eigenvalue weighted by Crippen LogP contribution is -2.54. The molecule has 0 saturated heterocycles. The lowest BCUT2D eigenvalue weighted by molar-refractivity contribution is -0.150. The SMILES string of the molecule is C=CCN(CC=C)C(=O)C(OC(=O)Nc1cccc2ccccc12)C(OC(=O)Nc1cccc2ccccc12)C(N)=O. The topological polar surface area (TPSA) is 140 Å². The molecule has 4 amide bonds. The molecule has 0 aliphatic heterocycles. The Kier molecular flexibility index (Phi) is 9.52. The van der Waals surface area contributed by atoms with Crippen molar-refractivity contribution in [3.63, 3.8) is 0 Å². The number of benzene rings is 4. The molecule has 0 bridgehead atoms. The van der Waals surface area contributed by atoms with E-state index in [1.807, 2.05) is 36.4 Å². The Hall–Kier alpha value is -5.64. The highest BCUT2D eigenvalue weighted by atomic mass is 16.6. The maximum atomic E-state index is 13.6. The summed E-state index contributed by atoms with van der Waals surface area (Å²) in [5.41, 5.74) is 6.40. The zero-order valence-corrected chi connectivity index (χ0v) is 22.7. The zero-order valence-electron chi connectivity index (χ0n) is 22.7. The fourth-order valence-corrected chi connectivity index (χ4v) is 4.44. The fraction of sp³-hybridized carbons (Fsp3) is 0.125. The van der Waals surface area contributed by atoms with Crippen LogP contribution in [-0.2, 0) is 19.1 Å². The summed E-state index contributed by atoms with van der Waals surface area (Å²) in [6, 6.07) is 25.1. The second-order valence-corrected chi connectivity index (χ2v) is 9.18. The van der Waals surface area contributed by atoms with Gasteiger partial charge >= 0.3 is 12.2 Å². The lowest BCUT2D eigenvalue weighted by atomic mass is 10.1. The third-order valence-electron chi connectivity index (χ3n) is 6.33. The van der Waals surface area contributed by atoms with Crippen molar-refractivity contribution in [3.05, 3.63) is 110 Å². The Morgan fingerprint density at radius 3 is 1.57 bits per heavy atom. The number of hydrogen-bond donors (Lipinski definition) is 3. The number of ether oxygens (including phenoxy) is 2. The quantitative estimate of drug-likeness (QED) is 0.213. The van der Waals surface area contributed by atoms with Gasteiger partial charge in [0, 0.05) is 23.9 Å². The molecule has 10 nitrogen and oxygen atoms in total. The summed E-state index contributed by atoms with van der Waals surface area (Å²) >= 11 is 0. The number of primary amides is 1. The van der Waals surface area contributed by atoms with E-state index in [2.05, 4.69) is 23.8 Å². The highest BCUT2D eigenvalue weighted by Gasteiger charge is 2.41. The van der Waals surface area contributed by atoms with Gasteiger partial charge in [-0.05, 0) is 22.9 Å². The Morgan fingerprint density at radius 2 is 1.12 bits per heavy atom. The van der Waals surface area contributed by atoms with Crippen LogP contribution in [0, 0.1) is 0 Å². The van der Waals surface area contributed by atoms with Crippen LogP contribution in [0.5, 0.6) is 0 Å². The van der Waals surface area contributed by atoms with Crippen molar-refractivity contribution < 1.29 is 28.7 Å². The number of fused-ring (bicyclic) bond motifs is 2. The van der Waals surface area contributed by atoms with Crippen LogP contribution in [0.15, 0.2) is 110 Å². The van der Waals surface area contributed by atoms with Gasteiger partial charge in [0.1, 0.15) is 0 Å². The molecule has 4 N–H and O–H groups in total. The van der Waals surface area contributed by atoms with Crippen molar-refractivity contribution >= 4 is 56.9 Å². The van der Waals surface area contributed by atoms with E-state index in [1.165, 1.54) is 17.1 Å². The smallest absolute Gasteiger partial charge is 0.412 e. The van der Waals surface area contributed by atoms with Crippen LogP contribution < -0.4 is 16.4 Å². The second kappa shape index (κ2) is 13.6. The average molecular weight is 567 g/mol. The molecule has 42 heavy (non-hydrogen) atoms. The molecule has 0 radical (unpaired) electrons. The summed E-state index contributed by atoms with van der Waals surface area (Å²) in [4.78, 5) is 53.5. The first kappa shape index (κ1) is 29.3. The molecule has 2 unspecified atom stereocenters. The maximum absolute atomic E-state index is 13.6. The van der Waals surface area contributed by atoms with E-state index in [0.29, 0.717) is 16.8 Å². The summed E-state index contributed by atoms with van der Waals surface area (Å²) < 4.78 is 10.8. The van der Waals surface area contributed by atoms with Crippen LogP contribution in [0.4, 0.5) is 21.0 Å². The predicted molar refractivity (Wildman–Crippen MR) is 162 cm³/mol. The first-order valence-corrected chi connectivity index (χ1v) is 13.0. The van der Waals surface area contributed by atoms with Gasteiger partial charge in [0.2, 0.25) is 12.2 Å². The molecule has 4 aromatic carbocycles. The monoisotopic (exact) mass is 566 g/mol. The number of rotatable bonds is 11. The molecule has 10 heteroatoms. The van der Waals surface area contributed by atoms with Crippen molar-refractivity contribution in [2.45, 2.75) is 12.2 Å². The zero-order chi connectivity index (χ0) is 30.1. The number of nitrogens with zero attached hydrogens (tertiary/aromatic N) is 1. The standard InChI is InChI=1S/C32H30N4O6/c1-3-19-36(20-4-2)30(38)28(42-32(40)35-26-18-10-14-22-12-6-8-16-24(22)26)27(29(33)37)41-31(39)34-25-17-9-13-21-11-5-7-15-23(21)25/h3-18,27-28H,1-2,19-20H2,(H2,33,37)(H,34,39)(H,35,40). The number of hydrogen-bond acceptors (Lipinski definition) is 6. The molecule has 0 saturated carbocycles. The second-order valence-electron chi connectivity index (χ2n) is 9.18. The van der Waals surface area contributed by atoms with Crippen molar-refractivity contribution in [2.75, 3.05) is 23.7 Å². The molecule has 4 aromatic rings. The minimum atomic E-state index is -1.97. The molecule has 0 spiro atoms. The summed E-state index contributed by atoms with van der Waals surface area (Å²) in [5.74, 6) is -2.04. The average Bonchev–Trinajstić information content (AvgIpc) is 2.99. The van der Waals surface area contributed by atoms with Gasteiger partial charge in [0.25, 0.3) is 11.8 Å². The molecule has 0 aliphatic carbocycles. The van der Waals surface area contributed by atoms with E-state index in [4.69, 9.17) is 15.2 Å². The maximum Gasteiger partial charge on any atom is 0.412 e. The largest absolute Gasteiger partial charge is 0.431 e. The lowest BCUT2D eigenvalue weighted by Gasteiger charge is -2.29. The third kappa shape index (κ3) is 6.92. The molecular formula is C32H30N4O6. The minimum absolute atomic E-state index is 0.0311. The third-order valence-corrected chi connectivity index (χ3v) is 6.33. The molecule has 0 heterocycles. The Morgan fingerprint density at radius 1 is 0.690 bits per heavy atom. The van der Waals surface area contributed by atoms with Crippen LogP contribution in [0.3, 0.4) is 0 Å². The van der Waals surface area contributed by atoms with Crippen molar-refractivity contribution in [1.29, 1.82) is 0 Å².